The smallest absolute Gasteiger partial charge is 0.164 e. The Bertz CT molecular complexity index is 1070. The Morgan fingerprint density at radius 1 is 1.39 bits per heavy atom. The van der Waals surface area contributed by atoms with E-state index in [1.807, 2.05) is 24.6 Å². The molecule has 33 heavy (non-hydrogen) atoms. The zero-order chi connectivity index (χ0) is 24.3. The van der Waals surface area contributed by atoms with E-state index >= 15 is 0 Å². The number of hydrogen-bond acceptors (Lipinski definition) is 7. The van der Waals surface area contributed by atoms with Crippen LogP contribution in [0.15, 0.2) is 41.5 Å². The number of aliphatic hydroxyl groups is 1. The highest BCUT2D eigenvalue weighted by molar-refractivity contribution is 6.19. The van der Waals surface area contributed by atoms with Crippen LogP contribution >= 0.6 is 11.6 Å². The van der Waals surface area contributed by atoms with Crippen molar-refractivity contribution in [1.82, 2.24) is 24.6 Å². The summed E-state index contributed by atoms with van der Waals surface area (Å²) in [6.07, 6.45) is 3.60. The molecule has 2 aromatic rings. The number of nitrogen functional groups attached to an aromatic ring is 1. The number of nitrogens with zero attached hydrogens (tertiary/aromatic N) is 5. The summed E-state index contributed by atoms with van der Waals surface area (Å²) in [6, 6.07) is -0.157. The van der Waals surface area contributed by atoms with E-state index in [9.17, 15) is 5.11 Å². The van der Waals surface area contributed by atoms with Gasteiger partial charge in [0.1, 0.15) is 17.9 Å². The van der Waals surface area contributed by atoms with E-state index in [1.54, 1.807) is 7.11 Å². The maximum atomic E-state index is 9.74. The maximum Gasteiger partial charge on any atom is 0.164 e. The summed E-state index contributed by atoms with van der Waals surface area (Å²) < 4.78 is 7.94. The summed E-state index contributed by atoms with van der Waals surface area (Å²) in [6.45, 7) is 14.2. The number of aromatic nitrogens is 4. The van der Waals surface area contributed by atoms with Crippen molar-refractivity contribution in [2.24, 2.45) is 5.92 Å². The molecule has 8 nitrogen and oxygen atoms in total. The van der Waals surface area contributed by atoms with Crippen molar-refractivity contribution in [3.05, 3.63) is 47.2 Å². The quantitative estimate of drug-likeness (QED) is 0.234. The van der Waals surface area contributed by atoms with Gasteiger partial charge in [-0.05, 0) is 39.7 Å². The van der Waals surface area contributed by atoms with Crippen molar-refractivity contribution in [1.29, 1.82) is 0 Å². The number of aryl methyl sites for hydroxylation is 1. The molecule has 0 aliphatic carbocycles. The van der Waals surface area contributed by atoms with E-state index in [2.05, 4.69) is 35.3 Å². The van der Waals surface area contributed by atoms with Crippen LogP contribution in [0.5, 0.6) is 0 Å². The molecule has 0 amide bonds. The molecule has 1 aliphatic rings. The predicted molar refractivity (Wildman–Crippen MR) is 133 cm³/mol. The van der Waals surface area contributed by atoms with E-state index in [0.29, 0.717) is 30.3 Å². The third kappa shape index (κ3) is 5.08. The SMILES string of the molecule is C=CC/C(=C(OC)\C(=C(\C)CCl)C1CN(C[C@H](C)O)C1)C(C)n1nc(C)c2c(N)ncnc21. The van der Waals surface area contributed by atoms with Crippen LogP contribution in [0.2, 0.25) is 0 Å². The number of ether oxygens (including phenoxy) is 1. The maximum absolute atomic E-state index is 9.74. The highest BCUT2D eigenvalue weighted by atomic mass is 35.5. The Morgan fingerprint density at radius 2 is 2.09 bits per heavy atom. The third-order valence-corrected chi connectivity index (χ3v) is 6.62. The molecule has 9 heteroatoms. The Kier molecular flexibility index (Phi) is 8.15. The van der Waals surface area contributed by atoms with Crippen molar-refractivity contribution in [2.75, 3.05) is 38.4 Å². The van der Waals surface area contributed by atoms with Crippen LogP contribution in [0.1, 0.15) is 38.9 Å². The van der Waals surface area contributed by atoms with Gasteiger partial charge >= 0.3 is 0 Å². The molecule has 3 N–H and O–H groups in total. The van der Waals surface area contributed by atoms with Gasteiger partial charge in [-0.3, -0.25) is 4.90 Å². The normalized spacial score (nSPS) is 18.4. The molecule has 2 atom stereocenters. The average molecular weight is 475 g/mol. The number of rotatable bonds is 10. The van der Waals surface area contributed by atoms with Crippen molar-refractivity contribution in [2.45, 2.75) is 46.3 Å². The summed E-state index contributed by atoms with van der Waals surface area (Å²) in [5.41, 5.74) is 10.8. The van der Waals surface area contributed by atoms with E-state index in [4.69, 9.17) is 27.2 Å². The highest BCUT2D eigenvalue weighted by Crippen LogP contribution is 2.38. The van der Waals surface area contributed by atoms with Gasteiger partial charge in [-0.15, -0.1) is 18.2 Å². The molecule has 1 unspecified atom stereocenters. The fraction of sp³-hybridized carbons (Fsp3) is 0.542. The second-order valence-corrected chi connectivity index (χ2v) is 9.07. The van der Waals surface area contributed by atoms with Crippen LogP contribution in [-0.4, -0.2) is 68.5 Å². The number of allylic oxidation sites excluding steroid dienone is 4. The number of nitrogens with two attached hydrogens (primary N) is 1. The van der Waals surface area contributed by atoms with Crippen LogP contribution in [0.4, 0.5) is 5.82 Å². The summed E-state index contributed by atoms with van der Waals surface area (Å²) in [5, 5.41) is 15.3. The lowest BCUT2D eigenvalue weighted by atomic mass is 9.84. The van der Waals surface area contributed by atoms with Gasteiger partial charge in [0.2, 0.25) is 0 Å². The molecular weight excluding hydrogens is 440 g/mol. The molecule has 0 bridgehead atoms. The number of alkyl halides is 1. The molecule has 3 rings (SSSR count). The summed E-state index contributed by atoms with van der Waals surface area (Å²) in [5.74, 6) is 1.94. The van der Waals surface area contributed by atoms with Gasteiger partial charge in [-0.25, -0.2) is 14.6 Å². The fourth-order valence-corrected chi connectivity index (χ4v) is 4.83. The minimum absolute atomic E-state index is 0.157. The van der Waals surface area contributed by atoms with E-state index in [-0.39, 0.29) is 18.1 Å². The molecule has 1 fully saturated rings. The largest absolute Gasteiger partial charge is 0.496 e. The first-order chi connectivity index (χ1) is 15.7. The van der Waals surface area contributed by atoms with Gasteiger partial charge in [0.25, 0.3) is 0 Å². The molecule has 3 heterocycles. The highest BCUT2D eigenvalue weighted by Gasteiger charge is 2.35. The lowest BCUT2D eigenvalue weighted by molar-refractivity contribution is 0.0582. The van der Waals surface area contributed by atoms with Crippen molar-refractivity contribution in [3.8, 4) is 0 Å². The number of β-amino-alcohol motifs (C(OH)–C–C–N with tert-alkyl or cyclic N) is 1. The Labute approximate surface area is 200 Å². The van der Waals surface area contributed by atoms with Gasteiger partial charge in [-0.1, -0.05) is 11.6 Å². The number of likely N-dealkylation sites (tertiary alicyclic amines) is 1. The Morgan fingerprint density at radius 3 is 2.67 bits per heavy atom. The minimum atomic E-state index is -0.355. The number of hydrogen-bond donors (Lipinski definition) is 2. The first-order valence-corrected chi connectivity index (χ1v) is 11.8. The predicted octanol–water partition coefficient (Wildman–Crippen LogP) is 3.62. The summed E-state index contributed by atoms with van der Waals surface area (Å²) >= 11 is 6.31. The fourth-order valence-electron chi connectivity index (χ4n) is 4.68. The monoisotopic (exact) mass is 474 g/mol. The van der Waals surface area contributed by atoms with Gasteiger partial charge < -0.3 is 15.6 Å². The lowest BCUT2D eigenvalue weighted by Crippen LogP contribution is -2.50. The summed E-state index contributed by atoms with van der Waals surface area (Å²) in [7, 11) is 1.70. The standard InChI is InChI=1S/C24H35ClN6O2/c1-7-8-19(17(5)31-24-21(16(4)29-31)23(26)27-13-28-24)22(33-6)20(14(2)9-25)18-11-30(12-18)10-15(3)32/h7,13,15,17-18,32H,1,8-12H2,2-6H3,(H2,26,27,28)/b20-14-,22-19-/t15-,17?/m0/s1. The first kappa shape index (κ1) is 25.2. The minimum Gasteiger partial charge on any atom is -0.496 e. The number of aliphatic hydroxyl groups excluding tert-OH is 1. The first-order valence-electron chi connectivity index (χ1n) is 11.2. The number of fused-ring (bicyclic) bond motifs is 1. The van der Waals surface area contributed by atoms with Crippen molar-refractivity contribution < 1.29 is 9.84 Å². The second kappa shape index (κ2) is 10.7. The molecular formula is C24H35ClN6O2. The Balaban J connectivity index is 2.09. The van der Waals surface area contributed by atoms with Gasteiger partial charge in [-0.2, -0.15) is 5.10 Å². The number of halogens is 1. The van der Waals surface area contributed by atoms with Crippen LogP contribution in [-0.2, 0) is 4.74 Å². The van der Waals surface area contributed by atoms with Gasteiger partial charge in [0, 0.05) is 37.0 Å². The molecule has 0 aromatic carbocycles. The molecule has 1 aliphatic heterocycles. The third-order valence-electron chi connectivity index (χ3n) is 6.22. The molecule has 180 valence electrons. The zero-order valence-corrected chi connectivity index (χ0v) is 20.9. The lowest BCUT2D eigenvalue weighted by Gasteiger charge is -2.42. The van der Waals surface area contributed by atoms with Crippen LogP contribution in [0.3, 0.4) is 0 Å². The van der Waals surface area contributed by atoms with E-state index < -0.39 is 0 Å². The van der Waals surface area contributed by atoms with Crippen LogP contribution < -0.4 is 5.73 Å². The zero-order valence-electron chi connectivity index (χ0n) is 20.2. The number of anilines is 1. The van der Waals surface area contributed by atoms with E-state index in [0.717, 1.165) is 46.6 Å². The van der Waals surface area contributed by atoms with Gasteiger partial charge in [0.15, 0.2) is 5.65 Å². The average Bonchev–Trinajstić information content (AvgIpc) is 3.10. The molecule has 2 aromatic heterocycles. The molecule has 0 radical (unpaired) electrons. The van der Waals surface area contributed by atoms with Crippen molar-refractivity contribution in [3.63, 3.8) is 0 Å². The van der Waals surface area contributed by atoms with E-state index in [1.165, 1.54) is 6.33 Å². The second-order valence-electron chi connectivity index (χ2n) is 8.81. The molecule has 1 saturated heterocycles. The number of methoxy groups -OCH3 is 1. The van der Waals surface area contributed by atoms with Gasteiger partial charge in [0.05, 0.1) is 30.3 Å². The molecule has 0 spiro atoms. The Hall–Kier alpha value is -2.42. The van der Waals surface area contributed by atoms with Crippen LogP contribution in [0.25, 0.3) is 11.0 Å². The topological polar surface area (TPSA) is 102 Å². The molecule has 0 saturated carbocycles. The summed E-state index contributed by atoms with van der Waals surface area (Å²) in [4.78, 5) is 10.8. The van der Waals surface area contributed by atoms with Crippen LogP contribution in [0, 0.1) is 12.8 Å². The van der Waals surface area contributed by atoms with Crippen molar-refractivity contribution >= 4 is 28.5 Å².